The molecule has 0 heterocycles. The first kappa shape index (κ1) is 49.8. The minimum atomic E-state index is -4.35. The summed E-state index contributed by atoms with van der Waals surface area (Å²) in [4.78, 5) is 36.9. The van der Waals surface area contributed by atoms with Crippen molar-refractivity contribution in [1.29, 1.82) is 0 Å². The molecule has 0 rings (SSSR count). The lowest BCUT2D eigenvalue weighted by molar-refractivity contribution is -0.161. The Morgan fingerprint density at radius 2 is 1.00 bits per heavy atom. The van der Waals surface area contributed by atoms with Crippen LogP contribution in [-0.2, 0) is 32.7 Å². The predicted octanol–water partition coefficient (Wildman–Crippen LogP) is 11.7. The molecule has 0 saturated heterocycles. The maximum absolute atomic E-state index is 12.6. The number of rotatable bonds is 39. The van der Waals surface area contributed by atoms with E-state index < -0.39 is 26.5 Å². The maximum atomic E-state index is 12.6. The van der Waals surface area contributed by atoms with E-state index in [0.717, 1.165) is 32.1 Å². The van der Waals surface area contributed by atoms with Crippen molar-refractivity contribution in [1.82, 2.24) is 4.90 Å². The van der Waals surface area contributed by atoms with E-state index in [4.69, 9.17) is 18.5 Å². The SMILES string of the molecule is CCCCCCCC/C=C\CCCCCCCCCC(=O)OCC(COP(=O)(O)OCCN(C)C)OC(=O)CCCCCCCCCCCCC. The number of hydrogen-bond acceptors (Lipinski definition) is 8. The maximum Gasteiger partial charge on any atom is 0.472 e. The van der Waals surface area contributed by atoms with Gasteiger partial charge in [0.1, 0.15) is 6.61 Å². The lowest BCUT2D eigenvalue weighted by atomic mass is 10.1. The largest absolute Gasteiger partial charge is 0.472 e. The number of likely N-dealkylation sites (N-methyl/N-ethyl adjacent to an activating group) is 1. The minimum Gasteiger partial charge on any atom is -0.462 e. The number of ether oxygens (including phenoxy) is 2. The number of esters is 2. The third-order valence-electron chi connectivity index (χ3n) is 9.07. The fourth-order valence-corrected chi connectivity index (χ4v) is 6.54. The quantitative estimate of drug-likeness (QED) is 0.0284. The topological polar surface area (TPSA) is 112 Å². The normalized spacial score (nSPS) is 13.5. The highest BCUT2D eigenvalue weighted by Crippen LogP contribution is 2.43. The number of carbonyl (C=O) groups excluding carboxylic acids is 2. The number of nitrogens with zero attached hydrogens (tertiary/aromatic N) is 1. The van der Waals surface area contributed by atoms with E-state index in [-0.39, 0.29) is 32.0 Å². The summed E-state index contributed by atoms with van der Waals surface area (Å²) in [5, 5.41) is 0. The fourth-order valence-electron chi connectivity index (χ4n) is 5.80. The van der Waals surface area contributed by atoms with Crippen LogP contribution in [0.3, 0.4) is 0 Å². The zero-order valence-electron chi connectivity index (χ0n) is 33.6. The van der Waals surface area contributed by atoms with E-state index in [2.05, 4.69) is 26.0 Å². The minimum absolute atomic E-state index is 0.00970. The smallest absolute Gasteiger partial charge is 0.462 e. The highest BCUT2D eigenvalue weighted by molar-refractivity contribution is 7.47. The van der Waals surface area contributed by atoms with E-state index in [1.165, 1.54) is 128 Å². The Kier molecular flexibility index (Phi) is 36.2. The van der Waals surface area contributed by atoms with Crippen LogP contribution in [0.1, 0.15) is 194 Å². The molecule has 51 heavy (non-hydrogen) atoms. The molecular weight excluding hydrogens is 665 g/mol. The molecule has 0 aromatic rings. The van der Waals surface area contributed by atoms with Crippen molar-refractivity contribution in [2.75, 3.05) is 40.5 Å². The molecule has 10 heteroatoms. The summed E-state index contributed by atoms with van der Waals surface area (Å²) in [6.45, 7) is 4.32. The zero-order chi connectivity index (χ0) is 37.7. The first-order valence-corrected chi connectivity index (χ1v) is 22.5. The van der Waals surface area contributed by atoms with Gasteiger partial charge in [-0.2, -0.15) is 0 Å². The van der Waals surface area contributed by atoms with Crippen molar-refractivity contribution in [3.8, 4) is 0 Å². The Hall–Kier alpha value is -1.25. The van der Waals surface area contributed by atoms with Gasteiger partial charge < -0.3 is 19.3 Å². The highest BCUT2D eigenvalue weighted by Gasteiger charge is 2.26. The molecule has 0 spiro atoms. The van der Waals surface area contributed by atoms with Gasteiger partial charge in [-0.05, 0) is 52.6 Å². The molecule has 0 saturated carbocycles. The molecule has 0 bridgehead atoms. The van der Waals surface area contributed by atoms with Crippen LogP contribution in [0.5, 0.6) is 0 Å². The zero-order valence-corrected chi connectivity index (χ0v) is 34.5. The van der Waals surface area contributed by atoms with Gasteiger partial charge in [0.25, 0.3) is 0 Å². The second kappa shape index (κ2) is 37.1. The van der Waals surface area contributed by atoms with Gasteiger partial charge in [-0.25, -0.2) is 4.57 Å². The molecule has 0 aliphatic heterocycles. The van der Waals surface area contributed by atoms with E-state index in [9.17, 15) is 19.0 Å². The van der Waals surface area contributed by atoms with Crippen LogP contribution in [0.25, 0.3) is 0 Å². The Balaban J connectivity index is 4.26. The first-order valence-electron chi connectivity index (χ1n) is 21.0. The first-order chi connectivity index (χ1) is 24.7. The van der Waals surface area contributed by atoms with Crippen LogP contribution in [0, 0.1) is 0 Å². The van der Waals surface area contributed by atoms with Crippen molar-refractivity contribution in [3.05, 3.63) is 12.2 Å². The lowest BCUT2D eigenvalue weighted by Crippen LogP contribution is -2.29. The summed E-state index contributed by atoms with van der Waals surface area (Å²) in [5.41, 5.74) is 0. The molecule has 302 valence electrons. The molecule has 0 aromatic heterocycles. The number of phosphoric ester groups is 1. The molecule has 0 radical (unpaired) electrons. The number of hydrogen-bond donors (Lipinski definition) is 1. The van der Waals surface area contributed by atoms with Crippen LogP contribution in [0.15, 0.2) is 12.2 Å². The van der Waals surface area contributed by atoms with Gasteiger partial charge >= 0.3 is 19.8 Å². The van der Waals surface area contributed by atoms with Crippen molar-refractivity contribution < 1.29 is 37.6 Å². The number of phosphoric acid groups is 1. The van der Waals surface area contributed by atoms with Gasteiger partial charge in [0.2, 0.25) is 0 Å². The summed E-state index contributed by atoms with van der Waals surface area (Å²) in [6, 6.07) is 0. The van der Waals surface area contributed by atoms with Crippen molar-refractivity contribution >= 4 is 19.8 Å². The van der Waals surface area contributed by atoms with E-state index >= 15 is 0 Å². The Morgan fingerprint density at radius 1 is 0.588 bits per heavy atom. The van der Waals surface area contributed by atoms with Gasteiger partial charge in [0.05, 0.1) is 13.2 Å². The molecule has 1 N–H and O–H groups in total. The number of carbonyl (C=O) groups is 2. The number of unbranched alkanes of at least 4 members (excludes halogenated alkanes) is 23. The third-order valence-corrected chi connectivity index (χ3v) is 10.1. The second-order valence-electron chi connectivity index (χ2n) is 14.5. The summed E-state index contributed by atoms with van der Waals surface area (Å²) in [6.07, 6.45) is 35.4. The van der Waals surface area contributed by atoms with Crippen LogP contribution in [-0.4, -0.2) is 68.3 Å². The van der Waals surface area contributed by atoms with Crippen LogP contribution in [0.2, 0.25) is 0 Å². The van der Waals surface area contributed by atoms with Crippen molar-refractivity contribution in [2.45, 2.75) is 200 Å². The molecule has 9 nitrogen and oxygen atoms in total. The summed E-state index contributed by atoms with van der Waals surface area (Å²) < 4.78 is 33.4. The van der Waals surface area contributed by atoms with E-state index in [1.54, 1.807) is 0 Å². The predicted molar refractivity (Wildman–Crippen MR) is 211 cm³/mol. The Bertz CT molecular complexity index is 869. The molecule has 2 unspecified atom stereocenters. The van der Waals surface area contributed by atoms with Crippen molar-refractivity contribution in [2.24, 2.45) is 0 Å². The van der Waals surface area contributed by atoms with Gasteiger partial charge in [-0.1, -0.05) is 154 Å². The van der Waals surface area contributed by atoms with E-state index in [0.29, 0.717) is 13.0 Å². The Morgan fingerprint density at radius 3 is 1.45 bits per heavy atom. The molecule has 2 atom stereocenters. The summed E-state index contributed by atoms with van der Waals surface area (Å²) >= 11 is 0. The molecule has 0 aliphatic rings. The second-order valence-corrected chi connectivity index (χ2v) is 16.0. The van der Waals surface area contributed by atoms with Gasteiger partial charge in [0.15, 0.2) is 6.10 Å². The molecule has 0 fully saturated rings. The molecule has 0 amide bonds. The van der Waals surface area contributed by atoms with E-state index in [1.807, 2.05) is 19.0 Å². The summed E-state index contributed by atoms with van der Waals surface area (Å²) in [5.74, 6) is -0.801. The van der Waals surface area contributed by atoms with Crippen molar-refractivity contribution in [3.63, 3.8) is 0 Å². The summed E-state index contributed by atoms with van der Waals surface area (Å²) in [7, 11) is -0.704. The van der Waals surface area contributed by atoms with Gasteiger partial charge in [0, 0.05) is 19.4 Å². The monoisotopic (exact) mass is 746 g/mol. The Labute approximate surface area is 314 Å². The molecule has 0 aromatic carbocycles. The van der Waals surface area contributed by atoms with Crippen LogP contribution < -0.4 is 0 Å². The molecule has 0 aliphatic carbocycles. The molecular formula is C41H80NO8P. The lowest BCUT2D eigenvalue weighted by Gasteiger charge is -2.20. The number of allylic oxidation sites excluding steroid dienone is 2. The average molecular weight is 746 g/mol. The third kappa shape index (κ3) is 38.3. The van der Waals surface area contributed by atoms with Crippen LogP contribution in [0.4, 0.5) is 0 Å². The van der Waals surface area contributed by atoms with Gasteiger partial charge in [-0.15, -0.1) is 0 Å². The van der Waals surface area contributed by atoms with Crippen LogP contribution >= 0.6 is 7.82 Å². The van der Waals surface area contributed by atoms with Gasteiger partial charge in [-0.3, -0.25) is 18.6 Å². The highest BCUT2D eigenvalue weighted by atomic mass is 31.2. The fraction of sp³-hybridized carbons (Fsp3) is 0.902. The standard InChI is InChI=1S/C41H80NO8P/c1-5-7-9-11-13-15-17-18-19-20-21-22-24-25-27-29-31-33-40(43)47-37-39(38-49-51(45,46)48-36-35-42(3)4)50-41(44)34-32-30-28-26-23-16-14-12-10-8-6-2/h18-19,39H,5-17,20-38H2,1-4H3,(H,45,46)/b19-18-. The average Bonchev–Trinajstić information content (AvgIpc) is 3.09.